The molecule has 1 N–H and O–H groups in total. The molecule has 0 fully saturated rings. The first kappa shape index (κ1) is 11.6. The van der Waals surface area contributed by atoms with Crippen LogP contribution in [0.15, 0.2) is 28.0 Å². The number of methoxy groups -OCH3 is 1. The van der Waals surface area contributed by atoms with Gasteiger partial charge in [0.2, 0.25) is 5.43 Å². The Hall–Kier alpha value is -1.93. The maximum atomic E-state index is 12.0. The topological polar surface area (TPSA) is 65.9 Å². The van der Waals surface area contributed by atoms with Crippen molar-refractivity contribution in [1.82, 2.24) is 4.98 Å². The highest BCUT2D eigenvalue weighted by molar-refractivity contribution is 7.98. The molecule has 0 spiro atoms. The van der Waals surface area contributed by atoms with Crippen molar-refractivity contribution in [3.05, 3.63) is 34.0 Å². The zero-order chi connectivity index (χ0) is 12.4. The first-order chi connectivity index (χ1) is 8.21. The fraction of sp³-hybridized carbons (Fsp3) is 0.167. The number of hydrogen-bond acceptors (Lipinski definition) is 4. The van der Waals surface area contributed by atoms with Gasteiger partial charge in [-0.2, -0.15) is 5.26 Å². The van der Waals surface area contributed by atoms with E-state index in [9.17, 15) is 4.79 Å². The Kier molecular flexibility index (Phi) is 3.07. The Bertz CT molecular complexity index is 670. The molecule has 0 unspecified atom stereocenters. The zero-order valence-corrected chi connectivity index (χ0v) is 10.2. The molecule has 0 aliphatic heterocycles. The first-order valence-corrected chi connectivity index (χ1v) is 6.12. The van der Waals surface area contributed by atoms with E-state index < -0.39 is 0 Å². The van der Waals surface area contributed by atoms with Crippen LogP contribution < -0.4 is 10.2 Å². The number of nitriles is 1. The van der Waals surface area contributed by atoms with Crippen molar-refractivity contribution < 1.29 is 4.74 Å². The molecule has 5 heteroatoms. The summed E-state index contributed by atoms with van der Waals surface area (Å²) in [6.45, 7) is 0. The molecule has 2 aromatic rings. The maximum absolute atomic E-state index is 12.0. The maximum Gasteiger partial charge on any atom is 0.208 e. The second kappa shape index (κ2) is 4.52. The van der Waals surface area contributed by atoms with Gasteiger partial charge >= 0.3 is 0 Å². The van der Waals surface area contributed by atoms with Crippen molar-refractivity contribution in [2.24, 2.45) is 0 Å². The highest BCUT2D eigenvalue weighted by Gasteiger charge is 2.11. The number of rotatable bonds is 2. The van der Waals surface area contributed by atoms with Crippen molar-refractivity contribution >= 4 is 22.7 Å². The number of nitrogens with one attached hydrogen (secondary N) is 1. The van der Waals surface area contributed by atoms with Crippen LogP contribution in [0.25, 0.3) is 10.9 Å². The van der Waals surface area contributed by atoms with Crippen LogP contribution in [0.2, 0.25) is 0 Å². The van der Waals surface area contributed by atoms with Crippen LogP contribution >= 0.6 is 11.8 Å². The summed E-state index contributed by atoms with van der Waals surface area (Å²) in [5.74, 6) is 0.671. The van der Waals surface area contributed by atoms with Crippen LogP contribution in [0.1, 0.15) is 5.56 Å². The lowest BCUT2D eigenvalue weighted by atomic mass is 10.1. The Morgan fingerprint density at radius 2 is 2.24 bits per heavy atom. The van der Waals surface area contributed by atoms with Crippen LogP contribution in [-0.2, 0) is 0 Å². The van der Waals surface area contributed by atoms with Gasteiger partial charge in [-0.15, -0.1) is 11.8 Å². The van der Waals surface area contributed by atoms with E-state index in [1.165, 1.54) is 11.8 Å². The summed E-state index contributed by atoms with van der Waals surface area (Å²) in [5.41, 5.74) is 0.598. The molecule has 0 radical (unpaired) electrons. The molecule has 2 rings (SSSR count). The Morgan fingerprint density at radius 3 is 2.82 bits per heavy atom. The quantitative estimate of drug-likeness (QED) is 0.824. The summed E-state index contributed by atoms with van der Waals surface area (Å²) in [4.78, 5) is 15.1. The van der Waals surface area contributed by atoms with Crippen molar-refractivity contribution in [2.75, 3.05) is 13.4 Å². The largest absolute Gasteiger partial charge is 0.497 e. The molecular weight excluding hydrogens is 236 g/mol. The SMILES string of the molecule is COc1ccc2c(=O)c(C#N)c(SC)[nH]c2c1. The normalized spacial score (nSPS) is 10.2. The number of aromatic nitrogens is 1. The molecule has 0 atom stereocenters. The van der Waals surface area contributed by atoms with Crippen LogP contribution in [0, 0.1) is 11.3 Å². The molecule has 0 saturated heterocycles. The van der Waals surface area contributed by atoms with Gasteiger partial charge in [-0.1, -0.05) is 0 Å². The lowest BCUT2D eigenvalue weighted by Gasteiger charge is -2.05. The van der Waals surface area contributed by atoms with Crippen molar-refractivity contribution in [3.63, 3.8) is 0 Å². The number of fused-ring (bicyclic) bond motifs is 1. The molecule has 0 aliphatic carbocycles. The van der Waals surface area contributed by atoms with E-state index in [0.29, 0.717) is 21.7 Å². The highest BCUT2D eigenvalue weighted by atomic mass is 32.2. The van der Waals surface area contributed by atoms with Crippen molar-refractivity contribution in [1.29, 1.82) is 5.26 Å². The van der Waals surface area contributed by atoms with Crippen LogP contribution in [-0.4, -0.2) is 18.3 Å². The summed E-state index contributed by atoms with van der Waals surface area (Å²) in [5, 5.41) is 10.1. The summed E-state index contributed by atoms with van der Waals surface area (Å²) in [6.07, 6.45) is 1.82. The number of thioether (sulfide) groups is 1. The third kappa shape index (κ3) is 1.87. The second-order valence-corrected chi connectivity index (χ2v) is 4.20. The molecule has 86 valence electrons. The summed E-state index contributed by atoms with van der Waals surface area (Å²) < 4.78 is 5.10. The molecule has 1 heterocycles. The standard InChI is InChI=1S/C12H10N2O2S/c1-16-7-3-4-8-10(5-7)14-12(17-2)9(6-13)11(8)15/h3-5H,1-2H3,(H,14,15). The summed E-state index contributed by atoms with van der Waals surface area (Å²) >= 11 is 1.34. The Labute approximate surface area is 102 Å². The molecule has 17 heavy (non-hydrogen) atoms. The third-order valence-electron chi connectivity index (χ3n) is 2.49. The number of aromatic amines is 1. The minimum absolute atomic E-state index is 0.162. The average Bonchev–Trinajstić information content (AvgIpc) is 2.37. The number of nitrogens with zero attached hydrogens (tertiary/aromatic N) is 1. The third-order valence-corrected chi connectivity index (χ3v) is 3.20. The lowest BCUT2D eigenvalue weighted by Crippen LogP contribution is -2.09. The summed E-state index contributed by atoms with van der Waals surface area (Å²) in [7, 11) is 1.57. The average molecular weight is 246 g/mol. The van der Waals surface area contributed by atoms with Gasteiger partial charge in [0.25, 0.3) is 0 Å². The molecule has 0 saturated carbocycles. The van der Waals surface area contributed by atoms with Crippen molar-refractivity contribution in [2.45, 2.75) is 5.03 Å². The van der Waals surface area contributed by atoms with Gasteiger partial charge in [-0.25, -0.2) is 0 Å². The number of benzene rings is 1. The minimum atomic E-state index is -0.242. The van der Waals surface area contributed by atoms with E-state index in [-0.39, 0.29) is 11.0 Å². The molecule has 0 bridgehead atoms. The number of pyridine rings is 1. The Morgan fingerprint density at radius 1 is 1.47 bits per heavy atom. The van der Waals surface area contributed by atoms with E-state index in [1.54, 1.807) is 25.3 Å². The molecule has 4 nitrogen and oxygen atoms in total. The van der Waals surface area contributed by atoms with Gasteiger partial charge in [0.05, 0.1) is 17.7 Å². The highest BCUT2D eigenvalue weighted by Crippen LogP contribution is 2.21. The van der Waals surface area contributed by atoms with Gasteiger partial charge in [0.15, 0.2) is 0 Å². The second-order valence-electron chi connectivity index (χ2n) is 3.39. The molecule has 1 aromatic heterocycles. The van der Waals surface area contributed by atoms with E-state index >= 15 is 0 Å². The predicted octanol–water partition coefficient (Wildman–Crippen LogP) is 2.13. The summed E-state index contributed by atoms with van der Waals surface area (Å²) in [6, 6.07) is 7.06. The first-order valence-electron chi connectivity index (χ1n) is 4.89. The smallest absolute Gasteiger partial charge is 0.208 e. The van der Waals surface area contributed by atoms with E-state index in [1.807, 2.05) is 12.3 Å². The predicted molar refractivity (Wildman–Crippen MR) is 67.6 cm³/mol. The number of ether oxygens (including phenoxy) is 1. The van der Waals surface area contributed by atoms with Crippen LogP contribution in [0.4, 0.5) is 0 Å². The van der Waals surface area contributed by atoms with E-state index in [0.717, 1.165) is 0 Å². The van der Waals surface area contributed by atoms with Gasteiger partial charge < -0.3 is 9.72 Å². The molecule has 0 amide bonds. The molecule has 1 aromatic carbocycles. The van der Waals surface area contributed by atoms with Gasteiger partial charge in [0.1, 0.15) is 17.4 Å². The van der Waals surface area contributed by atoms with Gasteiger partial charge in [-0.05, 0) is 18.4 Å². The van der Waals surface area contributed by atoms with E-state index in [2.05, 4.69) is 4.98 Å². The van der Waals surface area contributed by atoms with Gasteiger partial charge in [0, 0.05) is 11.5 Å². The number of hydrogen-bond donors (Lipinski definition) is 1. The van der Waals surface area contributed by atoms with E-state index in [4.69, 9.17) is 10.00 Å². The van der Waals surface area contributed by atoms with Crippen molar-refractivity contribution in [3.8, 4) is 11.8 Å². The Balaban J connectivity index is 2.86. The van der Waals surface area contributed by atoms with Gasteiger partial charge in [-0.3, -0.25) is 4.79 Å². The number of H-pyrrole nitrogens is 1. The zero-order valence-electron chi connectivity index (χ0n) is 9.40. The molecular formula is C12H10N2O2S. The van der Waals surface area contributed by atoms with Crippen LogP contribution in [0.3, 0.4) is 0 Å². The lowest BCUT2D eigenvalue weighted by molar-refractivity contribution is 0.415. The molecule has 0 aliphatic rings. The van der Waals surface area contributed by atoms with Crippen LogP contribution in [0.5, 0.6) is 5.75 Å². The minimum Gasteiger partial charge on any atom is -0.497 e. The fourth-order valence-electron chi connectivity index (χ4n) is 1.63. The fourth-order valence-corrected chi connectivity index (χ4v) is 2.18. The monoisotopic (exact) mass is 246 g/mol.